The van der Waals surface area contributed by atoms with Crippen LogP contribution in [0.1, 0.15) is 23.7 Å². The Morgan fingerprint density at radius 1 is 1.11 bits per heavy atom. The zero-order valence-electron chi connectivity index (χ0n) is 9.47. The minimum atomic E-state index is -0.889. The molecule has 1 rings (SSSR count). The summed E-state index contributed by atoms with van der Waals surface area (Å²) in [5.41, 5.74) is 0.496. The average Bonchev–Trinajstić information content (AvgIpc) is 2.23. The van der Waals surface area contributed by atoms with Crippen LogP contribution in [0.2, 0.25) is 10.0 Å². The summed E-state index contributed by atoms with van der Waals surface area (Å²) in [6.45, 7) is 2.65. The third-order valence-corrected chi connectivity index (χ3v) is 2.10. The first-order valence-corrected chi connectivity index (χ1v) is 6.47. The number of carbonyl (C=O) groups excluding carboxylic acids is 2. The van der Waals surface area contributed by atoms with Crippen LogP contribution in [0.15, 0.2) is 18.2 Å². The Hall–Kier alpha value is -0.480. The van der Waals surface area contributed by atoms with Gasteiger partial charge >= 0.3 is 4.70 Å². The molecule has 18 heavy (non-hydrogen) atoms. The second-order valence-electron chi connectivity index (χ2n) is 3.14. The van der Waals surface area contributed by atoms with Crippen LogP contribution >= 0.6 is 46.4 Å². The fourth-order valence-electron chi connectivity index (χ4n) is 1.03. The van der Waals surface area contributed by atoms with Crippen molar-refractivity contribution < 1.29 is 9.59 Å². The van der Waals surface area contributed by atoms with E-state index >= 15 is 0 Å². The number of halogens is 4. The molecule has 7 heteroatoms. The second kappa shape index (κ2) is 9.45. The van der Waals surface area contributed by atoms with E-state index in [1.165, 1.54) is 0 Å². The van der Waals surface area contributed by atoms with Crippen LogP contribution in [-0.2, 0) is 0 Å². The van der Waals surface area contributed by atoms with Gasteiger partial charge in [-0.15, -0.1) is 0 Å². The van der Waals surface area contributed by atoms with E-state index in [0.29, 0.717) is 22.2 Å². The Labute approximate surface area is 125 Å². The third-order valence-electron chi connectivity index (χ3n) is 1.66. The van der Waals surface area contributed by atoms with Crippen molar-refractivity contribution in [3.63, 3.8) is 0 Å². The molecule has 0 aliphatic carbocycles. The van der Waals surface area contributed by atoms with Gasteiger partial charge in [0, 0.05) is 22.2 Å². The van der Waals surface area contributed by atoms with Gasteiger partial charge in [0.15, 0.2) is 0 Å². The average molecular weight is 331 g/mol. The van der Waals surface area contributed by atoms with Crippen molar-refractivity contribution in [3.8, 4) is 0 Å². The van der Waals surface area contributed by atoms with Crippen molar-refractivity contribution in [3.05, 3.63) is 33.8 Å². The molecule has 1 N–H and O–H groups in total. The molecule has 3 nitrogen and oxygen atoms in total. The van der Waals surface area contributed by atoms with Gasteiger partial charge in [0.05, 0.1) is 0 Å². The van der Waals surface area contributed by atoms with Gasteiger partial charge < -0.3 is 5.32 Å². The van der Waals surface area contributed by atoms with Gasteiger partial charge in [-0.1, -0.05) is 30.1 Å². The molecule has 0 saturated heterocycles. The first-order chi connectivity index (χ1) is 8.36. The van der Waals surface area contributed by atoms with Gasteiger partial charge in [0.2, 0.25) is 0 Å². The molecule has 0 atom stereocenters. The first kappa shape index (κ1) is 17.5. The Balaban J connectivity index is 0.000000631. The van der Waals surface area contributed by atoms with Gasteiger partial charge in [-0.05, 0) is 47.8 Å². The third kappa shape index (κ3) is 8.59. The Morgan fingerprint density at radius 2 is 1.56 bits per heavy atom. The van der Waals surface area contributed by atoms with Crippen molar-refractivity contribution >= 4 is 57.0 Å². The molecule has 0 heterocycles. The van der Waals surface area contributed by atoms with Gasteiger partial charge in [-0.3, -0.25) is 9.59 Å². The molecule has 0 spiro atoms. The predicted octanol–water partition coefficient (Wildman–Crippen LogP) is 4.72. The molecule has 0 radical (unpaired) electrons. The first-order valence-electron chi connectivity index (χ1n) is 4.96. The van der Waals surface area contributed by atoms with Crippen LogP contribution in [0.3, 0.4) is 0 Å². The van der Waals surface area contributed by atoms with E-state index in [0.717, 1.165) is 6.42 Å². The molecule has 0 unspecified atom stereocenters. The highest BCUT2D eigenvalue weighted by molar-refractivity contribution is 6.93. The van der Waals surface area contributed by atoms with E-state index in [9.17, 15) is 4.79 Å². The summed E-state index contributed by atoms with van der Waals surface area (Å²) >= 11 is 20.3. The Morgan fingerprint density at radius 3 is 1.94 bits per heavy atom. The highest BCUT2D eigenvalue weighted by Gasteiger charge is 2.06. The van der Waals surface area contributed by atoms with Crippen molar-refractivity contribution in [2.75, 3.05) is 6.54 Å². The number of hydrogen-bond acceptors (Lipinski definition) is 2. The smallest absolute Gasteiger partial charge is 0.313 e. The molecule has 1 aromatic carbocycles. The SMILES string of the molecule is CCCNC(=O)c1cc(Cl)cc(Cl)c1.O=C(Cl)Cl. The summed E-state index contributed by atoms with van der Waals surface area (Å²) in [6, 6.07) is 4.79. The number of amides is 1. The molecule has 100 valence electrons. The molecular weight excluding hydrogens is 320 g/mol. The molecule has 0 aromatic heterocycles. The van der Waals surface area contributed by atoms with E-state index in [-0.39, 0.29) is 5.91 Å². The van der Waals surface area contributed by atoms with Crippen LogP contribution < -0.4 is 5.32 Å². The lowest BCUT2D eigenvalue weighted by Gasteiger charge is -2.04. The van der Waals surface area contributed by atoms with Crippen LogP contribution in [0.4, 0.5) is 4.79 Å². The van der Waals surface area contributed by atoms with Gasteiger partial charge in [0.1, 0.15) is 0 Å². The molecule has 0 saturated carbocycles. The maximum atomic E-state index is 11.5. The standard InChI is InChI=1S/C10H11Cl2NO.CCl2O/c1-2-3-13-10(14)7-4-8(11)6-9(12)5-7;2-1(3)4/h4-6H,2-3H2,1H3,(H,13,14);. The van der Waals surface area contributed by atoms with Crippen molar-refractivity contribution in [1.29, 1.82) is 0 Å². The lowest BCUT2D eigenvalue weighted by molar-refractivity contribution is 0.0953. The summed E-state index contributed by atoms with van der Waals surface area (Å²) in [7, 11) is 0. The minimum Gasteiger partial charge on any atom is -0.352 e. The van der Waals surface area contributed by atoms with E-state index in [1.807, 2.05) is 6.92 Å². The van der Waals surface area contributed by atoms with Crippen LogP contribution in [0.5, 0.6) is 0 Å². The molecule has 0 bridgehead atoms. The van der Waals surface area contributed by atoms with E-state index in [4.69, 9.17) is 28.0 Å². The maximum Gasteiger partial charge on any atom is 0.313 e. The summed E-state index contributed by atoms with van der Waals surface area (Å²) in [4.78, 5) is 20.5. The van der Waals surface area contributed by atoms with Crippen LogP contribution in [0, 0.1) is 0 Å². The Bertz CT molecular complexity index is 399. The molecule has 1 amide bonds. The zero-order chi connectivity index (χ0) is 14.1. The molecule has 0 aliphatic heterocycles. The van der Waals surface area contributed by atoms with Gasteiger partial charge in [0.25, 0.3) is 5.91 Å². The van der Waals surface area contributed by atoms with E-state index in [2.05, 4.69) is 28.5 Å². The fraction of sp³-hybridized carbons (Fsp3) is 0.273. The fourth-order valence-corrected chi connectivity index (χ4v) is 1.55. The summed E-state index contributed by atoms with van der Waals surface area (Å²) in [6.07, 6.45) is 0.903. The highest BCUT2D eigenvalue weighted by Crippen LogP contribution is 2.18. The molecule has 1 aromatic rings. The minimum absolute atomic E-state index is 0.142. The van der Waals surface area contributed by atoms with Gasteiger partial charge in [-0.25, -0.2) is 0 Å². The largest absolute Gasteiger partial charge is 0.352 e. The van der Waals surface area contributed by atoms with Crippen molar-refractivity contribution in [2.45, 2.75) is 13.3 Å². The number of benzene rings is 1. The second-order valence-corrected chi connectivity index (χ2v) is 4.89. The molecule has 0 fully saturated rings. The quantitative estimate of drug-likeness (QED) is 0.815. The monoisotopic (exact) mass is 329 g/mol. The lowest BCUT2D eigenvalue weighted by atomic mass is 10.2. The molecular formula is C11H11Cl4NO2. The van der Waals surface area contributed by atoms with E-state index < -0.39 is 4.70 Å². The Kier molecular flexibility index (Phi) is 9.20. The number of nitrogens with one attached hydrogen (secondary N) is 1. The number of hydrogen-bond donors (Lipinski definition) is 1. The summed E-state index contributed by atoms with van der Waals surface area (Å²) in [5.74, 6) is -0.142. The zero-order valence-corrected chi connectivity index (χ0v) is 12.5. The number of carbonyl (C=O) groups is 2. The molecule has 0 aliphatic rings. The number of rotatable bonds is 3. The van der Waals surface area contributed by atoms with Crippen LogP contribution in [-0.4, -0.2) is 17.2 Å². The predicted molar refractivity (Wildman–Crippen MR) is 76.2 cm³/mol. The van der Waals surface area contributed by atoms with Crippen molar-refractivity contribution in [1.82, 2.24) is 5.32 Å². The summed E-state index contributed by atoms with van der Waals surface area (Å²) in [5, 5.41) is 3.69. The van der Waals surface area contributed by atoms with E-state index in [1.54, 1.807) is 18.2 Å². The highest BCUT2D eigenvalue weighted by atomic mass is 35.5. The summed E-state index contributed by atoms with van der Waals surface area (Å²) < 4.78 is -0.889. The normalized spacial score (nSPS) is 9.17. The van der Waals surface area contributed by atoms with Gasteiger partial charge in [-0.2, -0.15) is 0 Å². The topological polar surface area (TPSA) is 46.2 Å². The van der Waals surface area contributed by atoms with Crippen LogP contribution in [0.25, 0.3) is 0 Å². The lowest BCUT2D eigenvalue weighted by Crippen LogP contribution is -2.23. The van der Waals surface area contributed by atoms with Crippen molar-refractivity contribution in [2.24, 2.45) is 0 Å². The maximum absolute atomic E-state index is 11.5.